The minimum absolute atomic E-state index is 0.149. The fourth-order valence-electron chi connectivity index (χ4n) is 2.57. The van der Waals surface area contributed by atoms with E-state index in [1.54, 1.807) is 19.2 Å². The van der Waals surface area contributed by atoms with Crippen LogP contribution in [0.25, 0.3) is 6.08 Å². The average Bonchev–Trinajstić information content (AvgIpc) is 3.16. The number of allylic oxidation sites excluding steroid dienone is 1. The molecule has 0 saturated heterocycles. The molecule has 0 spiro atoms. The van der Waals surface area contributed by atoms with Gasteiger partial charge in [-0.3, -0.25) is 4.57 Å². The summed E-state index contributed by atoms with van der Waals surface area (Å²) < 4.78 is 1.59. The van der Waals surface area contributed by atoms with Crippen LogP contribution in [0.4, 0.5) is 0 Å². The number of hydrogen-bond donors (Lipinski definition) is 2. The van der Waals surface area contributed by atoms with Crippen LogP contribution in [0.3, 0.4) is 0 Å². The molecule has 2 aromatic rings. The Labute approximate surface area is 153 Å². The Morgan fingerprint density at radius 1 is 1.40 bits per heavy atom. The summed E-state index contributed by atoms with van der Waals surface area (Å²) >= 11 is 6.41. The van der Waals surface area contributed by atoms with Crippen LogP contribution in [0.1, 0.15) is 29.8 Å². The molecular formula is C17H15N3O3S2. The zero-order chi connectivity index (χ0) is 18.0. The van der Waals surface area contributed by atoms with Gasteiger partial charge in [-0.2, -0.15) is 5.10 Å². The van der Waals surface area contributed by atoms with Gasteiger partial charge in [-0.15, -0.1) is 16.4 Å². The van der Waals surface area contributed by atoms with E-state index in [4.69, 9.17) is 12.2 Å². The highest BCUT2D eigenvalue weighted by Gasteiger charge is 2.24. The molecule has 8 heteroatoms. The molecule has 0 aliphatic carbocycles. The highest BCUT2D eigenvalue weighted by atomic mass is 32.1. The van der Waals surface area contributed by atoms with Gasteiger partial charge in [0.2, 0.25) is 5.88 Å². The van der Waals surface area contributed by atoms with Crippen molar-refractivity contribution in [3.63, 3.8) is 0 Å². The molecule has 0 saturated carbocycles. The summed E-state index contributed by atoms with van der Waals surface area (Å²) in [5.41, 5.74) is 2.33. The number of carboxylic acid groups (broad SMARTS) is 1. The van der Waals surface area contributed by atoms with Gasteiger partial charge in [0.15, 0.2) is 3.95 Å². The molecule has 0 bridgehead atoms. The number of carboxylic acids is 1. The van der Waals surface area contributed by atoms with Crippen molar-refractivity contribution < 1.29 is 15.0 Å². The molecule has 2 heterocycles. The van der Waals surface area contributed by atoms with Crippen molar-refractivity contribution in [2.75, 3.05) is 0 Å². The smallest absolute Gasteiger partial charge is 0.326 e. The summed E-state index contributed by atoms with van der Waals surface area (Å²) in [7, 11) is 0. The lowest BCUT2D eigenvalue weighted by atomic mass is 10.0. The van der Waals surface area contributed by atoms with Gasteiger partial charge < -0.3 is 10.2 Å². The summed E-state index contributed by atoms with van der Waals surface area (Å²) in [6.07, 6.45) is 3.65. The SMILES string of the molecule is CCC(C(=O)O)n1c(O)c(/C=C2\C=NN=C2c2ccccc2)sc1=S. The molecule has 1 aromatic carbocycles. The summed E-state index contributed by atoms with van der Waals surface area (Å²) in [6, 6.07) is 8.68. The highest BCUT2D eigenvalue weighted by Crippen LogP contribution is 2.33. The van der Waals surface area contributed by atoms with Crippen LogP contribution >= 0.6 is 23.6 Å². The fraction of sp³-hybridized carbons (Fsp3) is 0.176. The Morgan fingerprint density at radius 2 is 2.12 bits per heavy atom. The van der Waals surface area contributed by atoms with E-state index in [-0.39, 0.29) is 5.88 Å². The quantitative estimate of drug-likeness (QED) is 0.778. The first-order valence-electron chi connectivity index (χ1n) is 7.58. The van der Waals surface area contributed by atoms with Crippen LogP contribution in [-0.2, 0) is 4.79 Å². The second kappa shape index (κ2) is 7.12. The molecule has 0 radical (unpaired) electrons. The minimum Gasteiger partial charge on any atom is -0.493 e. The summed E-state index contributed by atoms with van der Waals surface area (Å²) in [6.45, 7) is 1.74. The van der Waals surface area contributed by atoms with Crippen LogP contribution in [0, 0.1) is 3.95 Å². The Kier molecular flexibility index (Phi) is 4.91. The van der Waals surface area contributed by atoms with Crippen molar-refractivity contribution >= 4 is 47.5 Å². The van der Waals surface area contributed by atoms with E-state index in [0.29, 0.717) is 21.0 Å². The van der Waals surface area contributed by atoms with Crippen molar-refractivity contribution in [3.8, 4) is 5.88 Å². The standard InChI is InChI=1S/C17H15N3O3S2/c1-2-12(16(22)23)20-15(21)13(25-17(20)24)8-11-9-18-19-14(11)10-6-4-3-5-7-10/h3-9,12,21H,2H2,1H3,(H,22,23)/b11-8+. The van der Waals surface area contributed by atoms with E-state index in [9.17, 15) is 15.0 Å². The van der Waals surface area contributed by atoms with E-state index < -0.39 is 12.0 Å². The molecule has 1 aliphatic heterocycles. The lowest BCUT2D eigenvalue weighted by molar-refractivity contribution is -0.141. The maximum Gasteiger partial charge on any atom is 0.326 e. The zero-order valence-corrected chi connectivity index (χ0v) is 14.9. The first kappa shape index (κ1) is 17.2. The molecule has 1 aromatic heterocycles. The van der Waals surface area contributed by atoms with Gasteiger partial charge in [-0.05, 0) is 24.7 Å². The fourth-order valence-corrected chi connectivity index (χ4v) is 3.92. The number of thiazole rings is 1. The van der Waals surface area contributed by atoms with E-state index in [1.807, 2.05) is 30.3 Å². The Bertz CT molecular complexity index is 955. The van der Waals surface area contributed by atoms with Crippen molar-refractivity contribution in [1.29, 1.82) is 0 Å². The number of hydrogen-bond acceptors (Lipinski definition) is 6. The van der Waals surface area contributed by atoms with Gasteiger partial charge in [0, 0.05) is 11.1 Å². The molecule has 6 nitrogen and oxygen atoms in total. The molecule has 1 unspecified atom stereocenters. The third-order valence-electron chi connectivity index (χ3n) is 3.79. The van der Waals surface area contributed by atoms with Crippen molar-refractivity contribution in [3.05, 3.63) is 50.3 Å². The van der Waals surface area contributed by atoms with Gasteiger partial charge in [0.1, 0.15) is 11.8 Å². The largest absolute Gasteiger partial charge is 0.493 e. The predicted octanol–water partition coefficient (Wildman–Crippen LogP) is 3.89. The first-order valence-corrected chi connectivity index (χ1v) is 8.81. The van der Waals surface area contributed by atoms with Gasteiger partial charge in [0.25, 0.3) is 0 Å². The van der Waals surface area contributed by atoms with E-state index >= 15 is 0 Å². The van der Waals surface area contributed by atoms with Crippen LogP contribution < -0.4 is 0 Å². The number of aromatic nitrogens is 1. The lowest BCUT2D eigenvalue weighted by Crippen LogP contribution is -2.17. The van der Waals surface area contributed by atoms with Gasteiger partial charge >= 0.3 is 5.97 Å². The Hall–Kier alpha value is -2.58. The molecule has 3 rings (SSSR count). The third-order valence-corrected chi connectivity index (χ3v) is 5.13. The van der Waals surface area contributed by atoms with Crippen LogP contribution in [0.5, 0.6) is 5.88 Å². The monoisotopic (exact) mass is 373 g/mol. The Balaban J connectivity index is 2.03. The molecule has 0 amide bonds. The molecule has 1 aliphatic rings. The average molecular weight is 373 g/mol. The van der Waals surface area contributed by atoms with Gasteiger partial charge in [-0.25, -0.2) is 4.79 Å². The molecular weight excluding hydrogens is 358 g/mol. The molecule has 0 fully saturated rings. The number of carbonyl (C=O) groups is 1. The number of rotatable bonds is 5. The summed E-state index contributed by atoms with van der Waals surface area (Å²) in [5, 5.41) is 27.9. The van der Waals surface area contributed by atoms with Crippen LogP contribution in [0.2, 0.25) is 0 Å². The summed E-state index contributed by atoms with van der Waals surface area (Å²) in [4.78, 5) is 11.9. The normalized spacial score (nSPS) is 16.2. The van der Waals surface area contributed by atoms with E-state index in [1.165, 1.54) is 4.57 Å². The molecule has 1 atom stereocenters. The van der Waals surface area contributed by atoms with E-state index in [0.717, 1.165) is 22.5 Å². The minimum atomic E-state index is -1.03. The summed E-state index contributed by atoms with van der Waals surface area (Å²) in [5.74, 6) is -1.18. The van der Waals surface area contributed by atoms with Crippen molar-refractivity contribution in [2.45, 2.75) is 19.4 Å². The second-order valence-corrected chi connectivity index (χ2v) is 7.02. The second-order valence-electron chi connectivity index (χ2n) is 5.35. The first-order chi connectivity index (χ1) is 12.0. The van der Waals surface area contributed by atoms with Crippen LogP contribution in [-0.4, -0.2) is 32.7 Å². The Morgan fingerprint density at radius 3 is 2.76 bits per heavy atom. The highest BCUT2D eigenvalue weighted by molar-refractivity contribution is 7.73. The molecule has 128 valence electrons. The molecule has 2 N–H and O–H groups in total. The maximum absolute atomic E-state index is 11.4. The number of benzene rings is 1. The third kappa shape index (κ3) is 3.31. The maximum atomic E-state index is 11.4. The zero-order valence-electron chi connectivity index (χ0n) is 13.3. The van der Waals surface area contributed by atoms with Gasteiger partial charge in [-0.1, -0.05) is 37.3 Å². The topological polar surface area (TPSA) is 87.2 Å². The van der Waals surface area contributed by atoms with Gasteiger partial charge in [0.05, 0.1) is 11.1 Å². The number of aliphatic carboxylic acids is 1. The number of aromatic hydroxyl groups is 1. The van der Waals surface area contributed by atoms with Crippen LogP contribution in [0.15, 0.2) is 46.1 Å². The number of nitrogens with zero attached hydrogens (tertiary/aromatic N) is 3. The van der Waals surface area contributed by atoms with E-state index in [2.05, 4.69) is 10.2 Å². The van der Waals surface area contributed by atoms with Crippen molar-refractivity contribution in [2.24, 2.45) is 10.2 Å². The molecule has 25 heavy (non-hydrogen) atoms. The lowest BCUT2D eigenvalue weighted by Gasteiger charge is -2.12. The van der Waals surface area contributed by atoms with Crippen molar-refractivity contribution in [1.82, 2.24) is 4.57 Å². The predicted molar refractivity (Wildman–Crippen MR) is 101 cm³/mol.